The van der Waals surface area contributed by atoms with Crippen molar-refractivity contribution in [3.63, 3.8) is 0 Å². The van der Waals surface area contributed by atoms with Crippen LogP contribution in [-0.4, -0.2) is 22.2 Å². The zero-order valence-corrected chi connectivity index (χ0v) is 13.2. The number of hydrogen-bond acceptors (Lipinski definition) is 3. The summed E-state index contributed by atoms with van der Waals surface area (Å²) in [5.41, 5.74) is 1.17. The maximum absolute atomic E-state index is 12.4. The number of carbonyl (C=O) groups excluding carboxylic acids is 1. The average molecular weight is 337 g/mol. The summed E-state index contributed by atoms with van der Waals surface area (Å²) in [6.45, 7) is 2.83. The molecular formula is C15H17BrN2O2. The van der Waals surface area contributed by atoms with Crippen molar-refractivity contribution >= 4 is 21.7 Å². The minimum atomic E-state index is -0.0583. The SMILES string of the molecule is CCCCOc1ccc(C(=O)c2c(Br)cnn2C)cc1. The lowest BCUT2D eigenvalue weighted by atomic mass is 10.1. The van der Waals surface area contributed by atoms with Crippen LogP contribution >= 0.6 is 15.9 Å². The molecule has 0 bridgehead atoms. The zero-order chi connectivity index (χ0) is 14.5. The molecule has 0 unspecified atom stereocenters. The second-order valence-electron chi connectivity index (χ2n) is 4.52. The molecule has 20 heavy (non-hydrogen) atoms. The second-order valence-corrected chi connectivity index (χ2v) is 5.37. The van der Waals surface area contributed by atoms with Gasteiger partial charge in [-0.1, -0.05) is 13.3 Å². The number of hydrogen-bond donors (Lipinski definition) is 0. The number of aromatic nitrogens is 2. The first-order valence-corrected chi connectivity index (χ1v) is 7.38. The molecule has 1 aromatic carbocycles. The highest BCUT2D eigenvalue weighted by Gasteiger charge is 2.17. The van der Waals surface area contributed by atoms with Crippen LogP contribution in [0.2, 0.25) is 0 Å². The highest BCUT2D eigenvalue weighted by molar-refractivity contribution is 9.10. The third-order valence-electron chi connectivity index (χ3n) is 2.99. The van der Waals surface area contributed by atoms with Gasteiger partial charge in [-0.15, -0.1) is 0 Å². The summed E-state index contributed by atoms with van der Waals surface area (Å²) in [5.74, 6) is 0.732. The number of nitrogens with zero attached hydrogens (tertiary/aromatic N) is 2. The Bertz CT molecular complexity index is 571. The van der Waals surface area contributed by atoms with E-state index < -0.39 is 0 Å². The number of benzene rings is 1. The van der Waals surface area contributed by atoms with Crippen molar-refractivity contribution in [3.05, 3.63) is 46.2 Å². The molecule has 4 nitrogen and oxygen atoms in total. The predicted octanol–water partition coefficient (Wildman–Crippen LogP) is 3.59. The van der Waals surface area contributed by atoms with Crippen LogP contribution in [-0.2, 0) is 7.05 Å². The van der Waals surface area contributed by atoms with Gasteiger partial charge in [-0.3, -0.25) is 9.48 Å². The lowest BCUT2D eigenvalue weighted by Gasteiger charge is -2.06. The Kier molecular flexibility index (Phi) is 4.95. The first-order chi connectivity index (χ1) is 9.63. The van der Waals surface area contributed by atoms with Crippen molar-refractivity contribution in [2.45, 2.75) is 19.8 Å². The van der Waals surface area contributed by atoms with Crippen LogP contribution in [0.1, 0.15) is 35.8 Å². The summed E-state index contributed by atoms with van der Waals surface area (Å²) in [6.07, 6.45) is 3.75. The topological polar surface area (TPSA) is 44.1 Å². The normalized spacial score (nSPS) is 10.6. The number of aryl methyl sites for hydroxylation is 1. The molecule has 0 saturated heterocycles. The van der Waals surface area contributed by atoms with E-state index in [-0.39, 0.29) is 5.78 Å². The maximum atomic E-state index is 12.4. The van der Waals surface area contributed by atoms with Crippen molar-refractivity contribution in [1.29, 1.82) is 0 Å². The third kappa shape index (κ3) is 3.28. The number of carbonyl (C=O) groups is 1. The van der Waals surface area contributed by atoms with Gasteiger partial charge in [-0.2, -0.15) is 5.10 Å². The van der Waals surface area contributed by atoms with Gasteiger partial charge >= 0.3 is 0 Å². The average Bonchev–Trinajstić information content (AvgIpc) is 2.78. The monoisotopic (exact) mass is 336 g/mol. The standard InChI is InChI=1S/C15H17BrN2O2/c1-3-4-9-20-12-7-5-11(6-8-12)15(19)14-13(16)10-17-18(14)2/h5-8,10H,3-4,9H2,1-2H3. The van der Waals surface area contributed by atoms with Crippen molar-refractivity contribution in [3.8, 4) is 5.75 Å². The number of ether oxygens (including phenoxy) is 1. The molecule has 2 rings (SSSR count). The van der Waals surface area contributed by atoms with E-state index in [0.29, 0.717) is 22.3 Å². The van der Waals surface area contributed by atoms with Crippen LogP contribution in [0.25, 0.3) is 0 Å². The molecule has 0 aliphatic heterocycles. The van der Waals surface area contributed by atoms with E-state index in [9.17, 15) is 4.79 Å². The van der Waals surface area contributed by atoms with E-state index in [1.54, 1.807) is 30.1 Å². The highest BCUT2D eigenvalue weighted by Crippen LogP contribution is 2.20. The van der Waals surface area contributed by atoms with Gasteiger partial charge in [0.25, 0.3) is 0 Å². The fourth-order valence-corrected chi connectivity index (χ4v) is 2.37. The molecule has 0 saturated carbocycles. The van der Waals surface area contributed by atoms with Crippen molar-refractivity contribution in [2.75, 3.05) is 6.61 Å². The number of unbranched alkanes of at least 4 members (excludes halogenated alkanes) is 1. The highest BCUT2D eigenvalue weighted by atomic mass is 79.9. The Morgan fingerprint density at radius 1 is 1.35 bits per heavy atom. The number of rotatable bonds is 6. The Hall–Kier alpha value is -1.62. The van der Waals surface area contributed by atoms with E-state index in [2.05, 4.69) is 28.0 Å². The first kappa shape index (κ1) is 14.8. The Balaban J connectivity index is 2.12. The molecule has 0 aliphatic rings. The molecule has 0 aliphatic carbocycles. The van der Waals surface area contributed by atoms with Crippen molar-refractivity contribution in [2.24, 2.45) is 7.05 Å². The van der Waals surface area contributed by atoms with Crippen LogP contribution in [0.15, 0.2) is 34.9 Å². The second kappa shape index (κ2) is 6.70. The van der Waals surface area contributed by atoms with Gasteiger partial charge in [0, 0.05) is 12.6 Å². The summed E-state index contributed by atoms with van der Waals surface area (Å²) in [4.78, 5) is 12.4. The van der Waals surface area contributed by atoms with E-state index in [1.807, 2.05) is 12.1 Å². The van der Waals surface area contributed by atoms with Crippen molar-refractivity contribution < 1.29 is 9.53 Å². The molecule has 2 aromatic rings. The van der Waals surface area contributed by atoms with Gasteiger partial charge in [0.1, 0.15) is 11.4 Å². The van der Waals surface area contributed by atoms with E-state index in [1.165, 1.54) is 0 Å². The van der Waals surface area contributed by atoms with E-state index >= 15 is 0 Å². The molecular weight excluding hydrogens is 320 g/mol. The minimum Gasteiger partial charge on any atom is -0.494 e. The van der Waals surface area contributed by atoms with Gasteiger partial charge < -0.3 is 4.74 Å². The summed E-state index contributed by atoms with van der Waals surface area (Å²) in [6, 6.07) is 7.21. The maximum Gasteiger partial charge on any atom is 0.212 e. The fraction of sp³-hybridized carbons (Fsp3) is 0.333. The zero-order valence-electron chi connectivity index (χ0n) is 11.6. The van der Waals surface area contributed by atoms with Crippen LogP contribution < -0.4 is 4.74 Å². The summed E-state index contributed by atoms with van der Waals surface area (Å²) >= 11 is 3.34. The Morgan fingerprint density at radius 2 is 2.05 bits per heavy atom. The molecule has 106 valence electrons. The van der Waals surface area contributed by atoms with E-state index in [4.69, 9.17) is 4.74 Å². The van der Waals surface area contributed by atoms with Gasteiger partial charge in [-0.05, 0) is 46.6 Å². The summed E-state index contributed by atoms with van der Waals surface area (Å²) in [7, 11) is 1.75. The van der Waals surface area contributed by atoms with Crippen molar-refractivity contribution in [1.82, 2.24) is 9.78 Å². The molecule has 5 heteroatoms. The quantitative estimate of drug-likeness (QED) is 0.598. The van der Waals surface area contributed by atoms with Gasteiger partial charge in [0.2, 0.25) is 5.78 Å². The van der Waals surface area contributed by atoms with Gasteiger partial charge in [0.15, 0.2) is 0 Å². The van der Waals surface area contributed by atoms with Crippen LogP contribution in [0.5, 0.6) is 5.75 Å². The molecule has 0 amide bonds. The van der Waals surface area contributed by atoms with Crippen LogP contribution in [0.4, 0.5) is 0 Å². The van der Waals surface area contributed by atoms with Crippen LogP contribution in [0.3, 0.4) is 0 Å². The Labute approximate surface area is 126 Å². The first-order valence-electron chi connectivity index (χ1n) is 6.58. The van der Waals surface area contributed by atoms with E-state index in [0.717, 1.165) is 18.6 Å². The molecule has 0 radical (unpaired) electrons. The summed E-state index contributed by atoms with van der Waals surface area (Å²) < 4.78 is 7.85. The van der Waals surface area contributed by atoms with Crippen LogP contribution in [0, 0.1) is 0 Å². The molecule has 1 aromatic heterocycles. The molecule has 1 heterocycles. The number of halogens is 1. The molecule has 0 fully saturated rings. The van der Waals surface area contributed by atoms with Gasteiger partial charge in [-0.25, -0.2) is 0 Å². The summed E-state index contributed by atoms with van der Waals surface area (Å²) in [5, 5.41) is 4.05. The smallest absolute Gasteiger partial charge is 0.212 e. The van der Waals surface area contributed by atoms with Gasteiger partial charge in [0.05, 0.1) is 17.3 Å². The fourth-order valence-electron chi connectivity index (χ4n) is 1.84. The lowest BCUT2D eigenvalue weighted by molar-refractivity contribution is 0.102. The molecule has 0 spiro atoms. The number of ketones is 1. The third-order valence-corrected chi connectivity index (χ3v) is 3.57. The largest absolute Gasteiger partial charge is 0.494 e. The molecule has 0 atom stereocenters. The molecule has 0 N–H and O–H groups in total. The minimum absolute atomic E-state index is 0.0583. The lowest BCUT2D eigenvalue weighted by Crippen LogP contribution is -2.09. The predicted molar refractivity (Wildman–Crippen MR) is 81.2 cm³/mol. The Morgan fingerprint density at radius 3 is 2.60 bits per heavy atom.